The van der Waals surface area contributed by atoms with E-state index in [4.69, 9.17) is 10.2 Å². The third kappa shape index (κ3) is 5.24. The Morgan fingerprint density at radius 2 is 2.00 bits per heavy atom. The van der Waals surface area contributed by atoms with Gasteiger partial charge in [-0.15, -0.1) is 0 Å². The van der Waals surface area contributed by atoms with E-state index >= 15 is 0 Å². The zero-order valence-electron chi connectivity index (χ0n) is 11.3. The number of alkyl halides is 3. The molecule has 1 atom stereocenters. The predicted octanol–water partition coefficient (Wildman–Crippen LogP) is 3.16. The minimum Gasteiger partial charge on any atom is -0.468 e. The average molecular weight is 278 g/mol. The second kappa shape index (κ2) is 6.43. The Labute approximate surface area is 111 Å². The van der Waals surface area contributed by atoms with E-state index in [1.807, 2.05) is 24.9 Å². The van der Waals surface area contributed by atoms with Crippen molar-refractivity contribution >= 4 is 0 Å². The lowest BCUT2D eigenvalue weighted by Crippen LogP contribution is -2.49. The highest BCUT2D eigenvalue weighted by atomic mass is 19.4. The molecule has 1 unspecified atom stereocenters. The van der Waals surface area contributed by atoms with Gasteiger partial charge in [-0.1, -0.05) is 0 Å². The second-order valence-corrected chi connectivity index (χ2v) is 5.11. The molecule has 1 aromatic heterocycles. The molecule has 1 aromatic rings. The maximum Gasteiger partial charge on any atom is 0.389 e. The largest absolute Gasteiger partial charge is 0.468 e. The normalized spacial score (nSPS) is 15.7. The van der Waals surface area contributed by atoms with E-state index in [2.05, 4.69) is 0 Å². The summed E-state index contributed by atoms with van der Waals surface area (Å²) in [4.78, 5) is 1.95. The van der Waals surface area contributed by atoms with Crippen molar-refractivity contribution in [2.45, 2.75) is 44.4 Å². The predicted molar refractivity (Wildman–Crippen MR) is 67.5 cm³/mol. The Hall–Kier alpha value is -1.01. The lowest BCUT2D eigenvalue weighted by molar-refractivity contribution is -0.136. The molecule has 0 spiro atoms. The topological polar surface area (TPSA) is 42.4 Å². The van der Waals surface area contributed by atoms with Gasteiger partial charge in [-0.05, 0) is 38.9 Å². The van der Waals surface area contributed by atoms with E-state index in [0.29, 0.717) is 19.5 Å². The molecule has 0 aliphatic carbocycles. The number of hydrogen-bond donors (Lipinski definition) is 1. The van der Waals surface area contributed by atoms with Gasteiger partial charge in [0.25, 0.3) is 0 Å². The summed E-state index contributed by atoms with van der Waals surface area (Å²) in [6, 6.07) is 3.62. The molecule has 0 saturated carbocycles. The molecule has 0 aromatic carbocycles. The minimum atomic E-state index is -4.10. The van der Waals surface area contributed by atoms with Gasteiger partial charge in [0.05, 0.1) is 12.8 Å². The van der Waals surface area contributed by atoms with Gasteiger partial charge in [-0.25, -0.2) is 0 Å². The fraction of sp³-hybridized carbons (Fsp3) is 0.692. The van der Waals surface area contributed by atoms with Crippen LogP contribution in [0.15, 0.2) is 22.8 Å². The average Bonchev–Trinajstić information content (AvgIpc) is 2.79. The second-order valence-electron chi connectivity index (χ2n) is 5.11. The number of rotatable bonds is 7. The van der Waals surface area contributed by atoms with Crippen molar-refractivity contribution in [3.63, 3.8) is 0 Å². The molecule has 0 fully saturated rings. The zero-order chi connectivity index (χ0) is 14.5. The van der Waals surface area contributed by atoms with Gasteiger partial charge < -0.3 is 10.2 Å². The Morgan fingerprint density at radius 3 is 2.47 bits per heavy atom. The third-order valence-electron chi connectivity index (χ3n) is 3.51. The number of hydrogen-bond acceptors (Lipinski definition) is 3. The van der Waals surface area contributed by atoms with Crippen LogP contribution in [-0.2, 0) is 6.54 Å². The molecular formula is C13H21F3N2O. The summed E-state index contributed by atoms with van der Waals surface area (Å²) in [5.41, 5.74) is 5.27. The van der Waals surface area contributed by atoms with Gasteiger partial charge in [0.15, 0.2) is 0 Å². The molecule has 110 valence electrons. The van der Waals surface area contributed by atoms with Crippen molar-refractivity contribution < 1.29 is 17.6 Å². The van der Waals surface area contributed by atoms with Crippen molar-refractivity contribution in [3.8, 4) is 0 Å². The number of nitrogens with zero attached hydrogens (tertiary/aromatic N) is 1. The monoisotopic (exact) mass is 278 g/mol. The zero-order valence-corrected chi connectivity index (χ0v) is 11.3. The van der Waals surface area contributed by atoms with E-state index < -0.39 is 18.1 Å². The van der Waals surface area contributed by atoms with Crippen LogP contribution in [0.4, 0.5) is 13.2 Å². The van der Waals surface area contributed by atoms with Gasteiger partial charge in [0, 0.05) is 18.5 Å². The van der Waals surface area contributed by atoms with Gasteiger partial charge in [0.2, 0.25) is 0 Å². The molecule has 0 aliphatic rings. The minimum absolute atomic E-state index is 0.0830. The van der Waals surface area contributed by atoms with E-state index in [-0.39, 0.29) is 6.42 Å². The van der Waals surface area contributed by atoms with Crippen LogP contribution in [0.1, 0.15) is 31.9 Å². The highest BCUT2D eigenvalue weighted by Crippen LogP contribution is 2.27. The molecule has 6 heteroatoms. The first-order valence-electron chi connectivity index (χ1n) is 6.27. The summed E-state index contributed by atoms with van der Waals surface area (Å²) in [6.45, 7) is 2.72. The number of halogens is 3. The smallest absolute Gasteiger partial charge is 0.389 e. The molecule has 1 rings (SSSR count). The lowest BCUT2D eigenvalue weighted by Gasteiger charge is -2.38. The molecule has 0 amide bonds. The summed E-state index contributed by atoms with van der Waals surface area (Å²) in [7, 11) is 1.85. The molecule has 3 nitrogen and oxygen atoms in total. The van der Waals surface area contributed by atoms with Gasteiger partial charge >= 0.3 is 6.18 Å². The van der Waals surface area contributed by atoms with Crippen LogP contribution in [0, 0.1) is 0 Å². The lowest BCUT2D eigenvalue weighted by atomic mass is 9.93. The molecule has 0 bridgehead atoms. The molecule has 19 heavy (non-hydrogen) atoms. The van der Waals surface area contributed by atoms with Crippen LogP contribution in [0.3, 0.4) is 0 Å². The number of nitrogens with two attached hydrogens (primary N) is 1. The molecule has 0 saturated heterocycles. The molecule has 1 heterocycles. The van der Waals surface area contributed by atoms with E-state index in [1.165, 1.54) is 0 Å². The van der Waals surface area contributed by atoms with Crippen molar-refractivity contribution in [2.75, 3.05) is 13.6 Å². The first kappa shape index (κ1) is 16.0. The van der Waals surface area contributed by atoms with Crippen molar-refractivity contribution in [1.29, 1.82) is 0 Å². The molecular weight excluding hydrogens is 257 g/mol. The van der Waals surface area contributed by atoms with Crippen LogP contribution in [-0.4, -0.2) is 30.2 Å². The van der Waals surface area contributed by atoms with E-state index in [1.54, 1.807) is 12.3 Å². The van der Waals surface area contributed by atoms with Crippen LogP contribution >= 0.6 is 0 Å². The van der Waals surface area contributed by atoms with Crippen LogP contribution in [0.5, 0.6) is 0 Å². The fourth-order valence-electron chi connectivity index (χ4n) is 1.95. The Kier molecular flexibility index (Phi) is 5.43. The summed E-state index contributed by atoms with van der Waals surface area (Å²) >= 11 is 0. The highest BCUT2D eigenvalue weighted by Gasteiger charge is 2.32. The fourth-order valence-corrected chi connectivity index (χ4v) is 1.95. The van der Waals surface area contributed by atoms with Crippen molar-refractivity contribution in [2.24, 2.45) is 5.73 Å². The third-order valence-corrected chi connectivity index (χ3v) is 3.51. The van der Waals surface area contributed by atoms with Crippen LogP contribution in [0.25, 0.3) is 0 Å². The Bertz CT molecular complexity index is 364. The summed E-state index contributed by atoms with van der Waals surface area (Å²) < 4.78 is 41.8. The number of furan rings is 1. The Morgan fingerprint density at radius 1 is 1.32 bits per heavy atom. The Balaban J connectivity index is 2.53. The first-order valence-corrected chi connectivity index (χ1v) is 6.27. The van der Waals surface area contributed by atoms with E-state index in [9.17, 15) is 13.2 Å². The van der Waals surface area contributed by atoms with Gasteiger partial charge in [-0.3, -0.25) is 4.90 Å². The molecule has 0 aliphatic heterocycles. The van der Waals surface area contributed by atoms with Gasteiger partial charge in [0.1, 0.15) is 5.76 Å². The van der Waals surface area contributed by atoms with Gasteiger partial charge in [-0.2, -0.15) is 13.2 Å². The first-order chi connectivity index (χ1) is 8.77. The van der Waals surface area contributed by atoms with Crippen molar-refractivity contribution in [3.05, 3.63) is 24.2 Å². The van der Waals surface area contributed by atoms with Crippen LogP contribution < -0.4 is 5.73 Å². The molecule has 0 radical (unpaired) electrons. The highest BCUT2D eigenvalue weighted by molar-refractivity contribution is 4.99. The molecule has 2 N–H and O–H groups in total. The van der Waals surface area contributed by atoms with Crippen molar-refractivity contribution in [1.82, 2.24) is 4.90 Å². The number of likely N-dealkylation sites (N-methyl/N-ethyl adjacent to an activating group) is 1. The van der Waals surface area contributed by atoms with Crippen LogP contribution in [0.2, 0.25) is 0 Å². The maximum atomic E-state index is 12.2. The summed E-state index contributed by atoms with van der Waals surface area (Å²) in [5, 5.41) is 0. The standard InChI is InChI=1S/C13H21F3N2O/c1-12(10-17,6-4-7-13(14,15)16)18(2)9-11-5-3-8-19-11/h3,5,8H,4,6-7,9-10,17H2,1-2H3. The summed E-state index contributed by atoms with van der Waals surface area (Å²) in [6.07, 6.45) is -2.81. The quantitative estimate of drug-likeness (QED) is 0.833. The van der Waals surface area contributed by atoms with E-state index in [0.717, 1.165) is 5.76 Å². The SMILES string of the molecule is CN(Cc1ccco1)C(C)(CN)CCCC(F)(F)F. The summed E-state index contributed by atoms with van der Waals surface area (Å²) in [5.74, 6) is 0.776. The maximum absolute atomic E-state index is 12.2.